The number of hydrogen-bond donors (Lipinski definition) is 2. The van der Waals surface area contributed by atoms with E-state index >= 15 is 0 Å². The summed E-state index contributed by atoms with van der Waals surface area (Å²) in [5, 5.41) is 11.3. The lowest BCUT2D eigenvalue weighted by Crippen LogP contribution is -2.22. The van der Waals surface area contributed by atoms with E-state index in [4.69, 9.17) is 5.11 Å². The SMILES string of the molecule is CC(C(=O)Nc1cccc(/C=C/C(=O)O)n1)C1CC1. The molecule has 5 nitrogen and oxygen atoms in total. The van der Waals surface area contributed by atoms with Gasteiger partial charge >= 0.3 is 5.97 Å². The highest BCUT2D eigenvalue weighted by molar-refractivity contribution is 5.92. The molecule has 0 aliphatic heterocycles. The van der Waals surface area contributed by atoms with Crippen LogP contribution in [0.2, 0.25) is 0 Å². The first-order chi connectivity index (χ1) is 9.06. The van der Waals surface area contributed by atoms with Gasteiger partial charge in [0.25, 0.3) is 0 Å². The van der Waals surface area contributed by atoms with E-state index < -0.39 is 5.97 Å². The van der Waals surface area contributed by atoms with Gasteiger partial charge in [-0.25, -0.2) is 9.78 Å². The number of amides is 1. The largest absolute Gasteiger partial charge is 0.478 e. The summed E-state index contributed by atoms with van der Waals surface area (Å²) in [6, 6.07) is 5.10. The van der Waals surface area contributed by atoms with E-state index in [9.17, 15) is 9.59 Å². The van der Waals surface area contributed by atoms with Crippen molar-refractivity contribution in [3.63, 3.8) is 0 Å². The second-order valence-corrected chi connectivity index (χ2v) is 4.73. The van der Waals surface area contributed by atoms with Gasteiger partial charge in [0.2, 0.25) is 5.91 Å². The molecule has 1 aromatic rings. The Labute approximate surface area is 111 Å². The Hall–Kier alpha value is -2.17. The number of nitrogens with zero attached hydrogens (tertiary/aromatic N) is 1. The Kier molecular flexibility index (Phi) is 3.94. The van der Waals surface area contributed by atoms with Crippen molar-refractivity contribution in [1.82, 2.24) is 4.98 Å². The standard InChI is InChI=1S/C14H16N2O3/c1-9(10-5-6-10)14(19)16-12-4-2-3-11(15-12)7-8-13(17)18/h2-4,7-10H,5-6H2,1H3,(H,17,18)(H,15,16,19)/b8-7+. The van der Waals surface area contributed by atoms with Gasteiger partial charge in [-0.2, -0.15) is 0 Å². The number of carbonyl (C=O) groups is 2. The summed E-state index contributed by atoms with van der Waals surface area (Å²) >= 11 is 0. The first-order valence-corrected chi connectivity index (χ1v) is 6.25. The van der Waals surface area contributed by atoms with Gasteiger partial charge in [0.05, 0.1) is 5.69 Å². The number of carboxylic acid groups (broad SMARTS) is 1. The third-order valence-electron chi connectivity index (χ3n) is 3.16. The van der Waals surface area contributed by atoms with E-state index in [1.807, 2.05) is 6.92 Å². The first-order valence-electron chi connectivity index (χ1n) is 6.25. The topological polar surface area (TPSA) is 79.3 Å². The van der Waals surface area contributed by atoms with E-state index in [1.54, 1.807) is 18.2 Å². The molecule has 0 spiro atoms. The molecule has 2 rings (SSSR count). The summed E-state index contributed by atoms with van der Waals surface area (Å²) in [7, 11) is 0. The first kappa shape index (κ1) is 13.3. The molecule has 0 bridgehead atoms. The fourth-order valence-corrected chi connectivity index (χ4v) is 1.82. The lowest BCUT2D eigenvalue weighted by Gasteiger charge is -2.10. The summed E-state index contributed by atoms with van der Waals surface area (Å²) in [6.07, 6.45) is 4.63. The van der Waals surface area contributed by atoms with Crippen molar-refractivity contribution in [3.05, 3.63) is 30.0 Å². The molecule has 100 valence electrons. The number of hydrogen-bond acceptors (Lipinski definition) is 3. The van der Waals surface area contributed by atoms with Gasteiger partial charge in [0, 0.05) is 12.0 Å². The lowest BCUT2D eigenvalue weighted by atomic mass is 10.1. The van der Waals surface area contributed by atoms with E-state index in [2.05, 4.69) is 10.3 Å². The second-order valence-electron chi connectivity index (χ2n) is 4.73. The van der Waals surface area contributed by atoms with Crippen molar-refractivity contribution in [2.24, 2.45) is 11.8 Å². The van der Waals surface area contributed by atoms with Crippen LogP contribution in [0.1, 0.15) is 25.5 Å². The predicted octanol–water partition coefficient (Wildman–Crippen LogP) is 2.16. The molecule has 1 atom stereocenters. The zero-order valence-corrected chi connectivity index (χ0v) is 10.7. The van der Waals surface area contributed by atoms with Crippen LogP contribution in [0.3, 0.4) is 0 Å². The number of anilines is 1. The minimum Gasteiger partial charge on any atom is -0.478 e. The molecule has 1 amide bonds. The van der Waals surface area contributed by atoms with Crippen molar-refractivity contribution in [1.29, 1.82) is 0 Å². The monoisotopic (exact) mass is 260 g/mol. The number of aromatic nitrogens is 1. The van der Waals surface area contributed by atoms with Crippen LogP contribution in [0.5, 0.6) is 0 Å². The van der Waals surface area contributed by atoms with Crippen molar-refractivity contribution in [2.45, 2.75) is 19.8 Å². The maximum Gasteiger partial charge on any atom is 0.328 e. The molecule has 0 aromatic carbocycles. The number of nitrogens with one attached hydrogen (secondary N) is 1. The van der Waals surface area contributed by atoms with Gasteiger partial charge < -0.3 is 10.4 Å². The Morgan fingerprint density at radius 3 is 2.84 bits per heavy atom. The van der Waals surface area contributed by atoms with E-state index in [-0.39, 0.29) is 11.8 Å². The van der Waals surface area contributed by atoms with Crippen LogP contribution in [0.4, 0.5) is 5.82 Å². The summed E-state index contributed by atoms with van der Waals surface area (Å²) < 4.78 is 0. The van der Waals surface area contributed by atoms with Crippen molar-refractivity contribution < 1.29 is 14.7 Å². The number of rotatable bonds is 5. The van der Waals surface area contributed by atoms with Gasteiger partial charge in [-0.3, -0.25) is 4.79 Å². The molecule has 1 fully saturated rings. The van der Waals surface area contributed by atoms with Crippen LogP contribution < -0.4 is 5.32 Å². The van der Waals surface area contributed by atoms with E-state index in [0.717, 1.165) is 18.9 Å². The number of carboxylic acids is 1. The highest BCUT2D eigenvalue weighted by Gasteiger charge is 2.32. The fraction of sp³-hybridized carbons (Fsp3) is 0.357. The van der Waals surface area contributed by atoms with Gasteiger partial charge in [-0.05, 0) is 37.0 Å². The van der Waals surface area contributed by atoms with Crippen molar-refractivity contribution in [3.8, 4) is 0 Å². The molecule has 0 radical (unpaired) electrons. The lowest BCUT2D eigenvalue weighted by molar-refractivity contribution is -0.131. The minimum absolute atomic E-state index is 0.0000165. The summed E-state index contributed by atoms with van der Waals surface area (Å²) in [5.41, 5.74) is 0.499. The van der Waals surface area contributed by atoms with Crippen LogP contribution >= 0.6 is 0 Å². The zero-order valence-electron chi connectivity index (χ0n) is 10.7. The molecule has 1 saturated carbocycles. The third-order valence-corrected chi connectivity index (χ3v) is 3.16. The Morgan fingerprint density at radius 2 is 2.21 bits per heavy atom. The predicted molar refractivity (Wildman–Crippen MR) is 71.4 cm³/mol. The number of pyridine rings is 1. The minimum atomic E-state index is -1.03. The molecule has 1 heterocycles. The van der Waals surface area contributed by atoms with Crippen molar-refractivity contribution >= 4 is 23.8 Å². The molecular formula is C14H16N2O3. The third kappa shape index (κ3) is 3.91. The fourth-order valence-electron chi connectivity index (χ4n) is 1.82. The second kappa shape index (κ2) is 5.65. The van der Waals surface area contributed by atoms with Crippen LogP contribution in [-0.2, 0) is 9.59 Å². The normalized spacial score (nSPS) is 16.3. The molecule has 1 aliphatic rings. The average molecular weight is 260 g/mol. The summed E-state index contributed by atoms with van der Waals surface area (Å²) in [6.45, 7) is 1.92. The van der Waals surface area contributed by atoms with Crippen LogP contribution in [0.15, 0.2) is 24.3 Å². The summed E-state index contributed by atoms with van der Waals surface area (Å²) in [5.74, 6) is -0.117. The Balaban J connectivity index is 2.02. The summed E-state index contributed by atoms with van der Waals surface area (Å²) in [4.78, 5) is 26.5. The maximum absolute atomic E-state index is 11.9. The molecule has 0 saturated heterocycles. The Bertz CT molecular complexity index is 521. The van der Waals surface area contributed by atoms with Crippen molar-refractivity contribution in [2.75, 3.05) is 5.32 Å². The quantitative estimate of drug-likeness (QED) is 0.795. The average Bonchev–Trinajstić information content (AvgIpc) is 3.20. The Morgan fingerprint density at radius 1 is 1.47 bits per heavy atom. The number of carbonyl (C=O) groups excluding carboxylic acids is 1. The van der Waals surface area contributed by atoms with Gasteiger partial charge in [0.1, 0.15) is 5.82 Å². The van der Waals surface area contributed by atoms with Gasteiger partial charge in [0.15, 0.2) is 0 Å². The number of aliphatic carboxylic acids is 1. The maximum atomic E-state index is 11.9. The highest BCUT2D eigenvalue weighted by atomic mass is 16.4. The van der Waals surface area contributed by atoms with Gasteiger partial charge in [-0.15, -0.1) is 0 Å². The van der Waals surface area contributed by atoms with E-state index in [1.165, 1.54) is 6.08 Å². The molecule has 1 aliphatic carbocycles. The molecule has 1 unspecified atom stereocenters. The van der Waals surface area contributed by atoms with Gasteiger partial charge in [-0.1, -0.05) is 13.0 Å². The molecular weight excluding hydrogens is 244 g/mol. The molecule has 5 heteroatoms. The molecule has 2 N–H and O–H groups in total. The molecule has 19 heavy (non-hydrogen) atoms. The smallest absolute Gasteiger partial charge is 0.328 e. The van der Waals surface area contributed by atoms with Crippen LogP contribution in [0, 0.1) is 11.8 Å². The highest BCUT2D eigenvalue weighted by Crippen LogP contribution is 2.36. The van der Waals surface area contributed by atoms with Crippen LogP contribution in [0.25, 0.3) is 6.08 Å². The van der Waals surface area contributed by atoms with E-state index in [0.29, 0.717) is 17.4 Å². The zero-order chi connectivity index (χ0) is 13.8. The van der Waals surface area contributed by atoms with Crippen LogP contribution in [-0.4, -0.2) is 22.0 Å². The molecule has 1 aromatic heterocycles.